The number of benzene rings is 2. The fraction of sp³-hybridized carbons (Fsp3) is 0.0455. The summed E-state index contributed by atoms with van der Waals surface area (Å²) in [5.74, 6) is -1.16. The smallest absolute Gasteiger partial charge is 0.307 e. The second kappa shape index (κ2) is 8.20. The molecule has 3 aromatic rings. The van der Waals surface area contributed by atoms with E-state index >= 15 is 0 Å². The molecule has 1 aliphatic heterocycles. The Labute approximate surface area is 171 Å². The summed E-state index contributed by atoms with van der Waals surface area (Å²) in [7, 11) is 0. The Morgan fingerprint density at radius 2 is 1.83 bits per heavy atom. The Morgan fingerprint density at radius 1 is 1.07 bits per heavy atom. The van der Waals surface area contributed by atoms with Crippen molar-refractivity contribution in [1.29, 1.82) is 0 Å². The predicted molar refractivity (Wildman–Crippen MR) is 115 cm³/mol. The van der Waals surface area contributed by atoms with E-state index in [1.165, 1.54) is 11.8 Å². The predicted octanol–water partition coefficient (Wildman–Crippen LogP) is 4.19. The van der Waals surface area contributed by atoms with Crippen LogP contribution in [0.5, 0.6) is 0 Å². The first-order chi connectivity index (χ1) is 14.1. The van der Waals surface area contributed by atoms with Crippen molar-refractivity contribution in [2.24, 2.45) is 4.99 Å². The zero-order valence-electron chi connectivity index (χ0n) is 15.3. The van der Waals surface area contributed by atoms with Crippen molar-refractivity contribution in [2.75, 3.05) is 5.32 Å². The zero-order valence-corrected chi connectivity index (χ0v) is 16.1. The molecule has 2 N–H and O–H groups in total. The third kappa shape index (κ3) is 4.47. The SMILES string of the molecule is O=C(O)Cc1ccc(NC2=NC(=O)C(=Cc3cccn3-c3ccccc3)S2)cc1. The van der Waals surface area contributed by atoms with Gasteiger partial charge in [-0.05, 0) is 59.8 Å². The Hall–Kier alpha value is -3.58. The third-order valence-electron chi connectivity index (χ3n) is 4.27. The molecule has 0 saturated heterocycles. The molecule has 29 heavy (non-hydrogen) atoms. The number of aliphatic imine (C=N–C) groups is 1. The van der Waals surface area contributed by atoms with Gasteiger partial charge in [0.05, 0.1) is 11.3 Å². The van der Waals surface area contributed by atoms with Gasteiger partial charge in [0.1, 0.15) is 0 Å². The molecule has 0 radical (unpaired) electrons. The number of carboxylic acid groups (broad SMARTS) is 1. The van der Waals surface area contributed by atoms with E-state index in [-0.39, 0.29) is 12.3 Å². The van der Waals surface area contributed by atoms with Crippen molar-refractivity contribution in [3.8, 4) is 5.69 Å². The number of nitrogens with zero attached hydrogens (tertiary/aromatic N) is 2. The number of para-hydroxylation sites is 1. The first kappa shape index (κ1) is 18.8. The normalized spacial score (nSPS) is 14.8. The van der Waals surface area contributed by atoms with E-state index in [2.05, 4.69) is 10.3 Å². The molecule has 1 aliphatic rings. The summed E-state index contributed by atoms with van der Waals surface area (Å²) in [6.45, 7) is 0. The van der Waals surface area contributed by atoms with Crippen LogP contribution >= 0.6 is 11.8 Å². The number of nitrogens with one attached hydrogen (secondary N) is 1. The molecule has 2 heterocycles. The third-order valence-corrected chi connectivity index (χ3v) is 5.17. The number of thioether (sulfide) groups is 1. The number of hydrogen-bond donors (Lipinski definition) is 2. The Balaban J connectivity index is 1.48. The number of aliphatic carboxylic acids is 1. The van der Waals surface area contributed by atoms with Crippen LogP contribution in [0.4, 0.5) is 5.69 Å². The Bertz CT molecular complexity index is 1120. The summed E-state index contributed by atoms with van der Waals surface area (Å²) >= 11 is 1.27. The number of amidine groups is 1. The molecule has 4 rings (SSSR count). The second-order valence-electron chi connectivity index (χ2n) is 6.36. The molecule has 0 aliphatic carbocycles. The number of carbonyl (C=O) groups is 2. The Kier molecular flexibility index (Phi) is 5.31. The second-order valence-corrected chi connectivity index (χ2v) is 7.39. The number of hydrogen-bond acceptors (Lipinski definition) is 4. The first-order valence-corrected chi connectivity index (χ1v) is 9.73. The minimum atomic E-state index is -0.873. The van der Waals surface area contributed by atoms with Gasteiger partial charge in [0.2, 0.25) is 0 Å². The van der Waals surface area contributed by atoms with Crippen LogP contribution in [-0.4, -0.2) is 26.7 Å². The van der Waals surface area contributed by atoms with Gasteiger partial charge in [-0.3, -0.25) is 9.59 Å². The molecule has 1 amide bonds. The van der Waals surface area contributed by atoms with Gasteiger partial charge >= 0.3 is 5.97 Å². The summed E-state index contributed by atoms with van der Waals surface area (Å²) in [5.41, 5.74) is 3.36. The van der Waals surface area contributed by atoms with Crippen LogP contribution in [0.1, 0.15) is 11.3 Å². The van der Waals surface area contributed by atoms with Crippen LogP contribution in [0, 0.1) is 0 Å². The van der Waals surface area contributed by atoms with Crippen LogP contribution in [-0.2, 0) is 16.0 Å². The molecular formula is C22H17N3O3S. The Morgan fingerprint density at radius 3 is 2.55 bits per heavy atom. The molecule has 0 atom stereocenters. The van der Waals surface area contributed by atoms with Crippen LogP contribution < -0.4 is 5.32 Å². The molecule has 0 saturated carbocycles. The van der Waals surface area contributed by atoms with E-state index in [0.29, 0.717) is 15.6 Å². The maximum atomic E-state index is 12.3. The van der Waals surface area contributed by atoms with Crippen molar-refractivity contribution >= 4 is 40.6 Å². The number of carbonyl (C=O) groups excluding carboxylic acids is 1. The minimum absolute atomic E-state index is 0.0254. The number of rotatable bonds is 5. The van der Waals surface area contributed by atoms with Crippen molar-refractivity contribution in [3.05, 3.63) is 89.1 Å². The average molecular weight is 403 g/mol. The molecular weight excluding hydrogens is 386 g/mol. The molecule has 0 fully saturated rings. The molecule has 144 valence electrons. The maximum Gasteiger partial charge on any atom is 0.307 e. The number of anilines is 1. The molecule has 1 aromatic heterocycles. The van der Waals surface area contributed by atoms with Gasteiger partial charge in [0, 0.05) is 23.3 Å². The highest BCUT2D eigenvalue weighted by molar-refractivity contribution is 8.18. The van der Waals surface area contributed by atoms with Gasteiger partial charge in [-0.15, -0.1) is 0 Å². The van der Waals surface area contributed by atoms with Gasteiger partial charge in [-0.25, -0.2) is 0 Å². The summed E-state index contributed by atoms with van der Waals surface area (Å²) in [4.78, 5) is 27.7. The highest BCUT2D eigenvalue weighted by atomic mass is 32.2. The van der Waals surface area contributed by atoms with Gasteiger partial charge in [0.15, 0.2) is 5.17 Å². The van der Waals surface area contributed by atoms with Crippen molar-refractivity contribution < 1.29 is 14.7 Å². The van der Waals surface area contributed by atoms with Crippen molar-refractivity contribution in [3.63, 3.8) is 0 Å². The maximum absolute atomic E-state index is 12.3. The highest BCUT2D eigenvalue weighted by Crippen LogP contribution is 2.30. The number of aromatic nitrogens is 1. The first-order valence-electron chi connectivity index (χ1n) is 8.91. The van der Waals surface area contributed by atoms with Gasteiger partial charge in [-0.2, -0.15) is 4.99 Å². The number of carboxylic acids is 1. The average Bonchev–Trinajstić information content (AvgIpc) is 3.30. The quantitative estimate of drug-likeness (QED) is 0.624. The summed E-state index contributed by atoms with van der Waals surface area (Å²) in [6, 6.07) is 20.8. The number of amides is 1. The standard InChI is InChI=1S/C22H17N3O3S/c26-20(27)13-15-8-10-16(11-9-15)23-22-24-21(28)19(29-22)14-18-7-4-12-25(18)17-5-2-1-3-6-17/h1-12,14H,13H2,(H,26,27)(H,23,24,28). The summed E-state index contributed by atoms with van der Waals surface area (Å²) in [5, 5.41) is 12.4. The fourth-order valence-electron chi connectivity index (χ4n) is 2.94. The van der Waals surface area contributed by atoms with E-state index in [4.69, 9.17) is 5.11 Å². The monoisotopic (exact) mass is 403 g/mol. The minimum Gasteiger partial charge on any atom is -0.481 e. The van der Waals surface area contributed by atoms with Gasteiger partial charge < -0.3 is 15.0 Å². The van der Waals surface area contributed by atoms with Crippen molar-refractivity contribution in [1.82, 2.24) is 4.57 Å². The summed E-state index contributed by atoms with van der Waals surface area (Å²) in [6.07, 6.45) is 3.75. The van der Waals surface area contributed by atoms with Crippen LogP contribution in [0.3, 0.4) is 0 Å². The van der Waals surface area contributed by atoms with E-state index in [1.54, 1.807) is 24.3 Å². The molecule has 6 nitrogen and oxygen atoms in total. The summed E-state index contributed by atoms with van der Waals surface area (Å²) < 4.78 is 2.01. The fourth-order valence-corrected chi connectivity index (χ4v) is 3.75. The molecule has 0 spiro atoms. The molecule has 0 unspecified atom stereocenters. The molecule has 7 heteroatoms. The molecule has 0 bridgehead atoms. The molecule has 2 aromatic carbocycles. The highest BCUT2D eigenvalue weighted by Gasteiger charge is 2.22. The van der Waals surface area contributed by atoms with E-state index in [0.717, 1.165) is 17.1 Å². The lowest BCUT2D eigenvalue weighted by Gasteiger charge is -2.07. The zero-order chi connectivity index (χ0) is 20.2. The van der Waals surface area contributed by atoms with E-state index in [1.807, 2.05) is 59.3 Å². The topological polar surface area (TPSA) is 83.7 Å². The van der Waals surface area contributed by atoms with Gasteiger partial charge in [0.25, 0.3) is 5.91 Å². The lowest BCUT2D eigenvalue weighted by Crippen LogP contribution is -2.05. The van der Waals surface area contributed by atoms with Gasteiger partial charge in [-0.1, -0.05) is 30.3 Å². The van der Waals surface area contributed by atoms with Crippen molar-refractivity contribution in [2.45, 2.75) is 6.42 Å². The lowest BCUT2D eigenvalue weighted by molar-refractivity contribution is -0.136. The largest absolute Gasteiger partial charge is 0.481 e. The lowest BCUT2D eigenvalue weighted by atomic mass is 10.1. The van der Waals surface area contributed by atoms with Crippen LogP contribution in [0.25, 0.3) is 11.8 Å². The van der Waals surface area contributed by atoms with E-state index < -0.39 is 5.97 Å². The van der Waals surface area contributed by atoms with Crippen LogP contribution in [0.2, 0.25) is 0 Å². The van der Waals surface area contributed by atoms with Crippen LogP contribution in [0.15, 0.2) is 82.8 Å². The van der Waals surface area contributed by atoms with E-state index in [9.17, 15) is 9.59 Å².